The van der Waals surface area contributed by atoms with Crippen molar-refractivity contribution >= 4 is 0 Å². The number of likely N-dealkylation sites (tertiary alicyclic amines) is 1. The Hall–Kier alpha value is -0.120. The van der Waals surface area contributed by atoms with Crippen LogP contribution in [0.1, 0.15) is 32.1 Å². The molecule has 0 amide bonds. The summed E-state index contributed by atoms with van der Waals surface area (Å²) < 4.78 is 0. The summed E-state index contributed by atoms with van der Waals surface area (Å²) >= 11 is 0. The molecule has 0 aromatic heterocycles. The molecule has 0 aliphatic carbocycles. The molecule has 0 aromatic rings. The summed E-state index contributed by atoms with van der Waals surface area (Å²) in [5.74, 6) is 0.819. The maximum absolute atomic E-state index is 6.41. The predicted octanol–water partition coefficient (Wildman–Crippen LogP) is 0.894. The summed E-state index contributed by atoms with van der Waals surface area (Å²) in [4.78, 5) is 5.30. The van der Waals surface area contributed by atoms with E-state index in [-0.39, 0.29) is 0 Å². The lowest BCUT2D eigenvalue weighted by molar-refractivity contribution is 0.00672. The number of hydrogen-bond acceptors (Lipinski definition) is 3. The van der Waals surface area contributed by atoms with E-state index < -0.39 is 0 Å². The molecule has 0 radical (unpaired) electrons. The van der Waals surface area contributed by atoms with Gasteiger partial charge >= 0.3 is 0 Å². The second-order valence-electron chi connectivity index (χ2n) is 5.88. The van der Waals surface area contributed by atoms with E-state index in [9.17, 15) is 0 Å². The van der Waals surface area contributed by atoms with Gasteiger partial charge in [-0.2, -0.15) is 0 Å². The molecule has 2 atom stereocenters. The number of fused-ring (bicyclic) bond motifs is 3. The van der Waals surface area contributed by atoms with Crippen molar-refractivity contribution in [2.75, 3.05) is 32.7 Å². The molecule has 3 nitrogen and oxygen atoms in total. The van der Waals surface area contributed by atoms with Crippen LogP contribution < -0.4 is 5.73 Å². The van der Waals surface area contributed by atoms with Crippen molar-refractivity contribution in [1.82, 2.24) is 9.80 Å². The summed E-state index contributed by atoms with van der Waals surface area (Å²) in [5, 5.41) is 0. The van der Waals surface area contributed by atoms with Gasteiger partial charge < -0.3 is 10.6 Å². The molecule has 4 heterocycles. The van der Waals surface area contributed by atoms with Gasteiger partial charge in [0, 0.05) is 18.6 Å². The Morgan fingerprint density at radius 1 is 0.938 bits per heavy atom. The highest BCUT2D eigenvalue weighted by molar-refractivity contribution is 4.98. The quantitative estimate of drug-likeness (QED) is 0.755. The highest BCUT2D eigenvalue weighted by Gasteiger charge is 2.40. The number of rotatable bonds is 2. The summed E-state index contributed by atoms with van der Waals surface area (Å²) in [5.41, 5.74) is 6.41. The van der Waals surface area contributed by atoms with Crippen LogP contribution in [0.4, 0.5) is 0 Å². The van der Waals surface area contributed by atoms with E-state index in [1.54, 1.807) is 0 Å². The lowest BCUT2D eigenvalue weighted by Crippen LogP contribution is -2.64. The second kappa shape index (κ2) is 4.63. The maximum atomic E-state index is 6.41. The lowest BCUT2D eigenvalue weighted by atomic mass is 9.79. The molecule has 4 aliphatic rings. The average Bonchev–Trinajstić information content (AvgIpc) is 2.36. The third kappa shape index (κ3) is 2.01. The zero-order valence-corrected chi connectivity index (χ0v) is 10.3. The molecule has 92 valence electrons. The molecule has 0 spiro atoms. The Kier molecular flexibility index (Phi) is 3.18. The summed E-state index contributed by atoms with van der Waals surface area (Å²) in [6.45, 7) is 6.45. The lowest BCUT2D eigenvalue weighted by Gasteiger charge is -2.51. The van der Waals surface area contributed by atoms with Crippen LogP contribution in [0.2, 0.25) is 0 Å². The standard InChI is InChI=1S/C13H25N3/c14-13-11-4-8-16(9-5-11)12(13)10-15-6-2-1-3-7-15/h11-13H,1-10,14H2. The molecule has 4 saturated heterocycles. The number of hydrogen-bond donors (Lipinski definition) is 1. The zero-order chi connectivity index (χ0) is 11.0. The van der Waals surface area contributed by atoms with Crippen LogP contribution in [0.5, 0.6) is 0 Å². The molecule has 2 bridgehead atoms. The Bertz CT molecular complexity index is 227. The van der Waals surface area contributed by atoms with Gasteiger partial charge in [0.05, 0.1) is 0 Å². The normalized spacial score (nSPS) is 44.8. The third-order valence-corrected chi connectivity index (χ3v) is 4.93. The zero-order valence-electron chi connectivity index (χ0n) is 10.3. The molecule has 3 heteroatoms. The van der Waals surface area contributed by atoms with Gasteiger partial charge in [0.2, 0.25) is 0 Å². The minimum atomic E-state index is 0.449. The molecule has 0 saturated carbocycles. The van der Waals surface area contributed by atoms with Gasteiger partial charge in [0.15, 0.2) is 0 Å². The highest BCUT2D eigenvalue weighted by Crippen LogP contribution is 2.31. The Morgan fingerprint density at radius 3 is 2.25 bits per heavy atom. The molecular weight excluding hydrogens is 198 g/mol. The largest absolute Gasteiger partial charge is 0.326 e. The monoisotopic (exact) mass is 223 g/mol. The summed E-state index contributed by atoms with van der Waals surface area (Å²) in [6, 6.07) is 1.11. The van der Waals surface area contributed by atoms with E-state index in [1.807, 2.05) is 0 Å². The number of nitrogens with zero attached hydrogens (tertiary/aromatic N) is 2. The van der Waals surface area contributed by atoms with Crippen molar-refractivity contribution in [1.29, 1.82) is 0 Å². The molecule has 4 rings (SSSR count). The van der Waals surface area contributed by atoms with Crippen molar-refractivity contribution < 1.29 is 0 Å². The third-order valence-electron chi connectivity index (χ3n) is 4.93. The van der Waals surface area contributed by atoms with Crippen LogP contribution >= 0.6 is 0 Å². The minimum Gasteiger partial charge on any atom is -0.326 e. The number of piperidine rings is 4. The van der Waals surface area contributed by atoms with Gasteiger partial charge in [0.1, 0.15) is 0 Å². The van der Waals surface area contributed by atoms with Gasteiger partial charge in [-0.3, -0.25) is 4.90 Å². The van der Waals surface area contributed by atoms with Gasteiger partial charge in [0.25, 0.3) is 0 Å². The summed E-state index contributed by atoms with van der Waals surface area (Å²) in [6.07, 6.45) is 6.91. The molecule has 2 unspecified atom stereocenters. The predicted molar refractivity (Wildman–Crippen MR) is 66.4 cm³/mol. The van der Waals surface area contributed by atoms with Gasteiger partial charge in [-0.05, 0) is 57.8 Å². The van der Waals surface area contributed by atoms with E-state index in [0.29, 0.717) is 12.1 Å². The van der Waals surface area contributed by atoms with Gasteiger partial charge in [-0.15, -0.1) is 0 Å². The van der Waals surface area contributed by atoms with Gasteiger partial charge in [-0.1, -0.05) is 6.42 Å². The van der Waals surface area contributed by atoms with Crippen LogP contribution in [0, 0.1) is 5.92 Å². The fourth-order valence-corrected chi connectivity index (χ4v) is 3.84. The first-order valence-corrected chi connectivity index (χ1v) is 7.06. The van der Waals surface area contributed by atoms with E-state index in [2.05, 4.69) is 9.80 Å². The molecule has 16 heavy (non-hydrogen) atoms. The van der Waals surface area contributed by atoms with Crippen LogP contribution in [0.25, 0.3) is 0 Å². The van der Waals surface area contributed by atoms with Crippen molar-refractivity contribution in [2.24, 2.45) is 11.7 Å². The van der Waals surface area contributed by atoms with E-state index in [1.165, 1.54) is 64.8 Å². The average molecular weight is 223 g/mol. The smallest absolute Gasteiger partial charge is 0.0377 e. The van der Waals surface area contributed by atoms with Crippen molar-refractivity contribution in [3.05, 3.63) is 0 Å². The topological polar surface area (TPSA) is 32.5 Å². The van der Waals surface area contributed by atoms with Crippen LogP contribution in [0.3, 0.4) is 0 Å². The summed E-state index contributed by atoms with van der Waals surface area (Å²) in [7, 11) is 0. The first kappa shape index (κ1) is 11.0. The molecular formula is C13H25N3. The van der Waals surface area contributed by atoms with Gasteiger partial charge in [-0.25, -0.2) is 0 Å². The van der Waals surface area contributed by atoms with E-state index in [4.69, 9.17) is 5.73 Å². The second-order valence-corrected chi connectivity index (χ2v) is 5.88. The van der Waals surface area contributed by atoms with E-state index >= 15 is 0 Å². The van der Waals surface area contributed by atoms with Crippen molar-refractivity contribution in [3.8, 4) is 0 Å². The fourth-order valence-electron chi connectivity index (χ4n) is 3.84. The van der Waals surface area contributed by atoms with Crippen molar-refractivity contribution in [3.63, 3.8) is 0 Å². The first-order chi connectivity index (χ1) is 7.84. The Balaban J connectivity index is 1.60. The van der Waals surface area contributed by atoms with Crippen molar-refractivity contribution in [2.45, 2.75) is 44.2 Å². The minimum absolute atomic E-state index is 0.449. The van der Waals surface area contributed by atoms with Crippen LogP contribution in [-0.2, 0) is 0 Å². The van der Waals surface area contributed by atoms with E-state index in [0.717, 1.165) is 5.92 Å². The fraction of sp³-hybridized carbons (Fsp3) is 1.00. The maximum Gasteiger partial charge on any atom is 0.0377 e. The Morgan fingerprint density at radius 2 is 1.62 bits per heavy atom. The SMILES string of the molecule is NC1C2CCN(CC2)C1CN1CCCCC1. The molecule has 4 fully saturated rings. The molecule has 0 aromatic carbocycles. The Labute approximate surface area is 99.0 Å². The molecule has 2 N–H and O–H groups in total. The number of nitrogens with two attached hydrogens (primary N) is 1. The van der Waals surface area contributed by atoms with Crippen LogP contribution in [0.15, 0.2) is 0 Å². The first-order valence-electron chi connectivity index (χ1n) is 7.06. The highest BCUT2D eigenvalue weighted by atomic mass is 15.3. The van der Waals surface area contributed by atoms with Crippen LogP contribution in [-0.4, -0.2) is 54.6 Å². The molecule has 4 aliphatic heterocycles.